The molecule has 1 saturated heterocycles. The fourth-order valence-electron chi connectivity index (χ4n) is 2.92. The van der Waals surface area contributed by atoms with Gasteiger partial charge in [-0.3, -0.25) is 9.59 Å². The molecule has 0 aromatic carbocycles. The number of nitrogens with zero attached hydrogens (tertiary/aromatic N) is 1. The molecule has 3 N–H and O–H groups in total. The van der Waals surface area contributed by atoms with E-state index in [-0.39, 0.29) is 19.6 Å². The standard InChI is InChI=1S/C20H33N3O7/c1-7-12(3)16(18(27)29-8-2)22-17(26)14-9-13(24)11-23(14)15(25)10-21-19(28)30-20(4,5)6/h7,12-14,16,24H,1,8-11H2,2-6H3,(H,21,28)(H,22,26). The molecule has 4 unspecified atom stereocenters. The lowest BCUT2D eigenvalue weighted by Crippen LogP contribution is -2.54. The van der Waals surface area contributed by atoms with Crippen molar-refractivity contribution in [2.45, 2.75) is 64.8 Å². The predicted octanol–water partition coefficient (Wildman–Crippen LogP) is 0.343. The Morgan fingerprint density at radius 1 is 1.30 bits per heavy atom. The van der Waals surface area contributed by atoms with Gasteiger partial charge in [0.25, 0.3) is 0 Å². The molecule has 0 saturated carbocycles. The van der Waals surface area contributed by atoms with Crippen LogP contribution in [0.25, 0.3) is 0 Å². The van der Waals surface area contributed by atoms with Crippen LogP contribution in [0.15, 0.2) is 12.7 Å². The fraction of sp³-hybridized carbons (Fsp3) is 0.700. The molecule has 170 valence electrons. The Bertz CT molecular complexity index is 659. The summed E-state index contributed by atoms with van der Waals surface area (Å²) >= 11 is 0. The normalized spacial score (nSPS) is 20.7. The van der Waals surface area contributed by atoms with Crippen molar-refractivity contribution >= 4 is 23.9 Å². The van der Waals surface area contributed by atoms with E-state index < -0.39 is 60.1 Å². The minimum absolute atomic E-state index is 0.0159. The van der Waals surface area contributed by atoms with Gasteiger partial charge in [-0.25, -0.2) is 9.59 Å². The van der Waals surface area contributed by atoms with E-state index in [1.165, 1.54) is 11.0 Å². The number of carbonyl (C=O) groups excluding carboxylic acids is 4. The largest absolute Gasteiger partial charge is 0.464 e. The van der Waals surface area contributed by atoms with Crippen LogP contribution in [0.4, 0.5) is 4.79 Å². The number of rotatable bonds is 8. The number of β-amino-alcohol motifs (C(OH)–C–C–N with tert-alkyl or cyclic N) is 1. The predicted molar refractivity (Wildman–Crippen MR) is 108 cm³/mol. The average molecular weight is 427 g/mol. The van der Waals surface area contributed by atoms with Crippen molar-refractivity contribution in [3.63, 3.8) is 0 Å². The van der Waals surface area contributed by atoms with Gasteiger partial charge in [0.1, 0.15) is 24.2 Å². The number of nitrogens with one attached hydrogen (secondary N) is 2. The molecule has 1 rings (SSSR count). The molecule has 1 heterocycles. The molecule has 3 amide bonds. The summed E-state index contributed by atoms with van der Waals surface area (Å²) in [7, 11) is 0. The van der Waals surface area contributed by atoms with Gasteiger partial charge in [-0.15, -0.1) is 6.58 Å². The van der Waals surface area contributed by atoms with Crippen molar-refractivity contribution in [1.29, 1.82) is 0 Å². The van der Waals surface area contributed by atoms with Gasteiger partial charge in [-0.1, -0.05) is 13.0 Å². The highest BCUT2D eigenvalue weighted by Gasteiger charge is 2.40. The Balaban J connectivity index is 2.81. The SMILES string of the molecule is C=CC(C)C(NC(=O)C1CC(O)CN1C(=O)CNC(=O)OC(C)(C)C)C(=O)OCC. The molecule has 1 aliphatic heterocycles. The van der Waals surface area contributed by atoms with Crippen LogP contribution < -0.4 is 10.6 Å². The van der Waals surface area contributed by atoms with Crippen LogP contribution in [0.2, 0.25) is 0 Å². The zero-order valence-electron chi connectivity index (χ0n) is 18.3. The maximum absolute atomic E-state index is 12.8. The highest BCUT2D eigenvalue weighted by Crippen LogP contribution is 2.19. The van der Waals surface area contributed by atoms with Gasteiger partial charge in [0.05, 0.1) is 12.7 Å². The van der Waals surface area contributed by atoms with E-state index in [9.17, 15) is 24.3 Å². The molecule has 0 aromatic heterocycles. The molecule has 10 nitrogen and oxygen atoms in total. The van der Waals surface area contributed by atoms with E-state index in [1.807, 2.05) is 0 Å². The Labute approximate surface area is 177 Å². The van der Waals surface area contributed by atoms with Gasteiger partial charge >= 0.3 is 12.1 Å². The molecule has 0 aromatic rings. The van der Waals surface area contributed by atoms with Crippen molar-refractivity contribution < 1.29 is 33.8 Å². The second-order valence-electron chi connectivity index (χ2n) is 8.14. The number of hydrogen-bond donors (Lipinski definition) is 3. The summed E-state index contributed by atoms with van der Waals surface area (Å²) < 4.78 is 10.1. The van der Waals surface area contributed by atoms with Crippen LogP contribution in [0.5, 0.6) is 0 Å². The van der Waals surface area contributed by atoms with Crippen molar-refractivity contribution in [3.8, 4) is 0 Å². The lowest BCUT2D eigenvalue weighted by molar-refractivity contribution is -0.149. The molecule has 10 heteroatoms. The van der Waals surface area contributed by atoms with Crippen LogP contribution in [-0.4, -0.2) is 77.4 Å². The van der Waals surface area contributed by atoms with E-state index >= 15 is 0 Å². The summed E-state index contributed by atoms with van der Waals surface area (Å²) in [4.78, 5) is 50.5. The number of likely N-dealkylation sites (tertiary alicyclic amines) is 1. The molecular formula is C20H33N3O7. The quantitative estimate of drug-likeness (QED) is 0.376. The summed E-state index contributed by atoms with van der Waals surface area (Å²) in [5.74, 6) is -2.16. The highest BCUT2D eigenvalue weighted by atomic mass is 16.6. The average Bonchev–Trinajstić information content (AvgIpc) is 3.04. The van der Waals surface area contributed by atoms with Gasteiger partial charge in [-0.05, 0) is 27.7 Å². The molecular weight excluding hydrogens is 394 g/mol. The summed E-state index contributed by atoms with van der Waals surface area (Å²) in [6.45, 7) is 11.8. The third-order valence-electron chi connectivity index (χ3n) is 4.42. The second kappa shape index (κ2) is 11.0. The topological polar surface area (TPSA) is 134 Å². The van der Waals surface area contributed by atoms with E-state index in [0.29, 0.717) is 0 Å². The lowest BCUT2D eigenvalue weighted by Gasteiger charge is -2.27. The van der Waals surface area contributed by atoms with Crippen LogP contribution in [0.1, 0.15) is 41.0 Å². The summed E-state index contributed by atoms with van der Waals surface area (Å²) in [5, 5.41) is 14.9. The molecule has 0 aliphatic carbocycles. The third kappa shape index (κ3) is 7.66. The summed E-state index contributed by atoms with van der Waals surface area (Å²) in [5.41, 5.74) is -0.719. The second-order valence-corrected chi connectivity index (χ2v) is 8.14. The maximum Gasteiger partial charge on any atom is 0.408 e. The minimum Gasteiger partial charge on any atom is -0.464 e. The van der Waals surface area contributed by atoms with Gasteiger partial charge in [0, 0.05) is 18.9 Å². The first-order chi connectivity index (χ1) is 13.9. The number of amides is 3. The van der Waals surface area contributed by atoms with E-state index in [2.05, 4.69) is 17.2 Å². The Morgan fingerprint density at radius 2 is 1.93 bits per heavy atom. The number of aliphatic hydroxyl groups is 1. The first-order valence-corrected chi connectivity index (χ1v) is 9.93. The van der Waals surface area contributed by atoms with Crippen LogP contribution in [-0.2, 0) is 23.9 Å². The number of esters is 1. The number of hydrogen-bond acceptors (Lipinski definition) is 7. The first kappa shape index (κ1) is 25.4. The highest BCUT2D eigenvalue weighted by molar-refractivity contribution is 5.92. The fourth-order valence-corrected chi connectivity index (χ4v) is 2.92. The van der Waals surface area contributed by atoms with E-state index in [4.69, 9.17) is 9.47 Å². The summed E-state index contributed by atoms with van der Waals surface area (Å²) in [6, 6.07) is -1.95. The molecule has 4 atom stereocenters. The van der Waals surface area contributed by atoms with Crippen molar-refractivity contribution in [1.82, 2.24) is 15.5 Å². The monoisotopic (exact) mass is 427 g/mol. The molecule has 1 fully saturated rings. The van der Waals surface area contributed by atoms with Gasteiger partial charge in [0.2, 0.25) is 11.8 Å². The number of alkyl carbamates (subject to hydrolysis) is 1. The van der Waals surface area contributed by atoms with Gasteiger partial charge in [0.15, 0.2) is 0 Å². The number of carbonyl (C=O) groups is 4. The van der Waals surface area contributed by atoms with Crippen LogP contribution in [0.3, 0.4) is 0 Å². The Morgan fingerprint density at radius 3 is 2.47 bits per heavy atom. The minimum atomic E-state index is -0.984. The Kier molecular flexibility index (Phi) is 9.28. The zero-order valence-corrected chi connectivity index (χ0v) is 18.3. The number of aliphatic hydroxyl groups excluding tert-OH is 1. The lowest BCUT2D eigenvalue weighted by atomic mass is 10.0. The smallest absolute Gasteiger partial charge is 0.408 e. The van der Waals surface area contributed by atoms with Crippen molar-refractivity contribution in [2.75, 3.05) is 19.7 Å². The van der Waals surface area contributed by atoms with Gasteiger partial charge in [-0.2, -0.15) is 0 Å². The molecule has 0 bridgehead atoms. The third-order valence-corrected chi connectivity index (χ3v) is 4.42. The van der Waals surface area contributed by atoms with E-state index in [0.717, 1.165) is 0 Å². The first-order valence-electron chi connectivity index (χ1n) is 9.93. The number of ether oxygens (including phenoxy) is 2. The molecule has 0 radical (unpaired) electrons. The summed E-state index contributed by atoms with van der Waals surface area (Å²) in [6.07, 6.45) is -0.135. The van der Waals surface area contributed by atoms with Crippen LogP contribution >= 0.6 is 0 Å². The zero-order chi connectivity index (χ0) is 23.1. The molecule has 0 spiro atoms. The van der Waals surface area contributed by atoms with Crippen molar-refractivity contribution in [2.24, 2.45) is 5.92 Å². The van der Waals surface area contributed by atoms with Gasteiger partial charge < -0.3 is 30.1 Å². The molecule has 30 heavy (non-hydrogen) atoms. The Hall–Kier alpha value is -2.62. The van der Waals surface area contributed by atoms with Crippen LogP contribution in [0, 0.1) is 5.92 Å². The van der Waals surface area contributed by atoms with E-state index in [1.54, 1.807) is 34.6 Å². The molecule has 1 aliphatic rings. The van der Waals surface area contributed by atoms with Crippen molar-refractivity contribution in [3.05, 3.63) is 12.7 Å². The maximum atomic E-state index is 12.8.